The molecule has 6 heteroatoms. The molecule has 1 amide bonds. The fourth-order valence-corrected chi connectivity index (χ4v) is 2.07. The first kappa shape index (κ1) is 13.7. The normalized spacial score (nSPS) is 19.0. The van der Waals surface area contributed by atoms with Crippen LogP contribution >= 0.6 is 0 Å². The highest BCUT2D eigenvalue weighted by atomic mass is 19.2. The number of ether oxygens (including phenoxy) is 1. The molecule has 4 nitrogen and oxygen atoms in total. The van der Waals surface area contributed by atoms with Gasteiger partial charge in [0.05, 0.1) is 6.54 Å². The molecule has 0 bridgehead atoms. The Kier molecular flexibility index (Phi) is 4.31. The summed E-state index contributed by atoms with van der Waals surface area (Å²) in [6.45, 7) is 1.80. The molecule has 2 N–H and O–H groups in total. The van der Waals surface area contributed by atoms with Crippen LogP contribution in [0.25, 0.3) is 0 Å². The van der Waals surface area contributed by atoms with Crippen LogP contribution in [0.4, 0.5) is 8.78 Å². The van der Waals surface area contributed by atoms with Crippen molar-refractivity contribution in [2.45, 2.75) is 6.42 Å². The lowest BCUT2D eigenvalue weighted by molar-refractivity contribution is -0.128. The highest BCUT2D eigenvalue weighted by molar-refractivity contribution is 5.78. The summed E-state index contributed by atoms with van der Waals surface area (Å²) in [6.07, 6.45) is 0.474. The van der Waals surface area contributed by atoms with Gasteiger partial charge >= 0.3 is 0 Å². The van der Waals surface area contributed by atoms with Crippen LogP contribution in [0.2, 0.25) is 0 Å². The minimum atomic E-state index is -0.946. The summed E-state index contributed by atoms with van der Waals surface area (Å²) in [4.78, 5) is 13.3. The van der Waals surface area contributed by atoms with Gasteiger partial charge in [0, 0.05) is 19.0 Å². The van der Waals surface area contributed by atoms with Crippen molar-refractivity contribution in [1.29, 1.82) is 0 Å². The van der Waals surface area contributed by atoms with Gasteiger partial charge in [0.1, 0.15) is 12.4 Å². The molecule has 1 heterocycles. The summed E-state index contributed by atoms with van der Waals surface area (Å²) in [6, 6.07) is 3.35. The second kappa shape index (κ2) is 5.97. The molecule has 1 aliphatic heterocycles. The zero-order valence-electron chi connectivity index (χ0n) is 10.4. The molecule has 1 aromatic carbocycles. The Bertz CT molecular complexity index is 468. The van der Waals surface area contributed by atoms with Gasteiger partial charge in [-0.2, -0.15) is 0 Å². The van der Waals surface area contributed by atoms with Crippen molar-refractivity contribution in [3.63, 3.8) is 0 Å². The van der Waals surface area contributed by atoms with Crippen molar-refractivity contribution < 1.29 is 18.3 Å². The van der Waals surface area contributed by atoms with Crippen LogP contribution in [0.3, 0.4) is 0 Å². The fraction of sp³-hybridized carbons (Fsp3) is 0.462. The van der Waals surface area contributed by atoms with Gasteiger partial charge in [0.2, 0.25) is 5.91 Å². The van der Waals surface area contributed by atoms with Crippen molar-refractivity contribution in [3.8, 4) is 5.75 Å². The van der Waals surface area contributed by atoms with Gasteiger partial charge in [-0.15, -0.1) is 0 Å². The van der Waals surface area contributed by atoms with Crippen LogP contribution in [0.5, 0.6) is 5.75 Å². The number of hydrogen-bond donors (Lipinski definition) is 1. The topological polar surface area (TPSA) is 55.6 Å². The van der Waals surface area contributed by atoms with E-state index < -0.39 is 11.6 Å². The Morgan fingerprint density at radius 3 is 2.79 bits per heavy atom. The molecule has 19 heavy (non-hydrogen) atoms. The Morgan fingerprint density at radius 1 is 1.37 bits per heavy atom. The van der Waals surface area contributed by atoms with Crippen LogP contribution < -0.4 is 10.5 Å². The zero-order valence-corrected chi connectivity index (χ0v) is 10.4. The lowest BCUT2D eigenvalue weighted by atomic mass is 10.1. The highest BCUT2D eigenvalue weighted by Crippen LogP contribution is 2.17. The van der Waals surface area contributed by atoms with Crippen molar-refractivity contribution in [3.05, 3.63) is 29.8 Å². The average molecular weight is 270 g/mol. The minimum absolute atomic E-state index is 0.0596. The van der Waals surface area contributed by atoms with E-state index in [1.807, 2.05) is 0 Å². The molecule has 1 unspecified atom stereocenters. The predicted molar refractivity (Wildman–Crippen MR) is 65.6 cm³/mol. The van der Waals surface area contributed by atoms with Gasteiger partial charge in [-0.1, -0.05) is 0 Å². The number of carbonyl (C=O) groups excluding carboxylic acids is 1. The van der Waals surface area contributed by atoms with Crippen LogP contribution in [-0.2, 0) is 4.79 Å². The molecule has 0 spiro atoms. The maximum Gasteiger partial charge on any atom is 0.223 e. The first-order chi connectivity index (χ1) is 9.10. The number of halogens is 2. The zero-order chi connectivity index (χ0) is 13.8. The van der Waals surface area contributed by atoms with E-state index in [4.69, 9.17) is 10.5 Å². The number of hydrogen-bond acceptors (Lipinski definition) is 3. The number of carbonyl (C=O) groups is 1. The van der Waals surface area contributed by atoms with Gasteiger partial charge in [-0.05, 0) is 24.6 Å². The highest BCUT2D eigenvalue weighted by Gasteiger charge is 2.28. The van der Waals surface area contributed by atoms with E-state index in [1.165, 1.54) is 6.07 Å². The smallest absolute Gasteiger partial charge is 0.223 e. The third-order valence-electron chi connectivity index (χ3n) is 3.15. The van der Waals surface area contributed by atoms with E-state index >= 15 is 0 Å². The van der Waals surface area contributed by atoms with Crippen molar-refractivity contribution >= 4 is 5.91 Å². The van der Waals surface area contributed by atoms with Crippen molar-refractivity contribution in [2.24, 2.45) is 11.7 Å². The maximum atomic E-state index is 12.9. The third-order valence-corrected chi connectivity index (χ3v) is 3.15. The van der Waals surface area contributed by atoms with Crippen molar-refractivity contribution in [1.82, 2.24) is 4.90 Å². The molecule has 1 atom stereocenters. The Labute approximate surface area is 110 Å². The van der Waals surface area contributed by atoms with E-state index in [2.05, 4.69) is 0 Å². The maximum absolute atomic E-state index is 12.9. The summed E-state index contributed by atoms with van der Waals surface area (Å²) < 4.78 is 30.9. The molecule has 2 rings (SSSR count). The largest absolute Gasteiger partial charge is 0.492 e. The number of nitrogens with zero attached hydrogens (tertiary/aromatic N) is 1. The Hall–Kier alpha value is -1.69. The fourth-order valence-electron chi connectivity index (χ4n) is 2.07. The molecule has 0 radical (unpaired) electrons. The molecule has 0 aliphatic carbocycles. The standard InChI is InChI=1S/C13H16F2N2O2/c14-11-2-1-10(6-12(11)15)19-4-3-17-8-9(7-16)5-13(17)18/h1-2,6,9H,3-5,7-8,16H2. The number of amides is 1. The van der Waals surface area contributed by atoms with E-state index in [0.717, 1.165) is 12.1 Å². The average Bonchev–Trinajstić information content (AvgIpc) is 2.75. The van der Waals surface area contributed by atoms with E-state index in [0.29, 0.717) is 26.1 Å². The third kappa shape index (κ3) is 3.41. The van der Waals surface area contributed by atoms with Crippen molar-refractivity contribution in [2.75, 3.05) is 26.2 Å². The summed E-state index contributed by atoms with van der Waals surface area (Å²) in [5.74, 6) is -1.34. The molecule has 1 aromatic rings. The van der Waals surface area contributed by atoms with Gasteiger partial charge < -0.3 is 15.4 Å². The Morgan fingerprint density at radius 2 is 2.16 bits per heavy atom. The summed E-state index contributed by atoms with van der Waals surface area (Å²) >= 11 is 0. The number of benzene rings is 1. The number of rotatable bonds is 5. The molecule has 1 aliphatic rings. The number of nitrogens with two attached hydrogens (primary N) is 1. The molecule has 1 saturated heterocycles. The molecule has 104 valence electrons. The van der Waals surface area contributed by atoms with Crippen LogP contribution in [-0.4, -0.2) is 37.0 Å². The van der Waals surface area contributed by atoms with Gasteiger partial charge in [-0.25, -0.2) is 8.78 Å². The molecule has 1 fully saturated rings. The van der Waals surface area contributed by atoms with Crippen LogP contribution in [0.1, 0.15) is 6.42 Å². The first-order valence-electron chi connectivity index (χ1n) is 6.16. The summed E-state index contributed by atoms with van der Waals surface area (Å²) in [5.41, 5.74) is 5.52. The summed E-state index contributed by atoms with van der Waals surface area (Å²) in [5, 5.41) is 0. The monoisotopic (exact) mass is 270 g/mol. The van der Waals surface area contributed by atoms with Crippen LogP contribution in [0, 0.1) is 17.6 Å². The lowest BCUT2D eigenvalue weighted by Crippen LogP contribution is -2.30. The first-order valence-corrected chi connectivity index (χ1v) is 6.16. The van der Waals surface area contributed by atoms with Crippen LogP contribution in [0.15, 0.2) is 18.2 Å². The number of likely N-dealkylation sites (tertiary alicyclic amines) is 1. The second-order valence-corrected chi connectivity index (χ2v) is 4.57. The second-order valence-electron chi connectivity index (χ2n) is 4.57. The molecule has 0 aromatic heterocycles. The van der Waals surface area contributed by atoms with Gasteiger partial charge in [-0.3, -0.25) is 4.79 Å². The Balaban J connectivity index is 1.80. The predicted octanol–water partition coefficient (Wildman–Crippen LogP) is 1.15. The SMILES string of the molecule is NCC1CC(=O)N(CCOc2ccc(F)c(F)c2)C1. The van der Waals surface area contributed by atoms with E-state index in [1.54, 1.807) is 4.90 Å². The lowest BCUT2D eigenvalue weighted by Gasteiger charge is -2.16. The van der Waals surface area contributed by atoms with E-state index in [9.17, 15) is 13.6 Å². The molecular formula is C13H16F2N2O2. The van der Waals surface area contributed by atoms with E-state index in [-0.39, 0.29) is 24.2 Å². The quantitative estimate of drug-likeness (QED) is 0.873. The van der Waals surface area contributed by atoms with Gasteiger partial charge in [0.25, 0.3) is 0 Å². The minimum Gasteiger partial charge on any atom is -0.492 e. The molecular weight excluding hydrogens is 254 g/mol. The van der Waals surface area contributed by atoms with Gasteiger partial charge in [0.15, 0.2) is 11.6 Å². The molecule has 0 saturated carbocycles. The summed E-state index contributed by atoms with van der Waals surface area (Å²) in [7, 11) is 0.